The molecule has 0 unspecified atom stereocenters. The summed E-state index contributed by atoms with van der Waals surface area (Å²) in [5.74, 6) is -0.300. The first kappa shape index (κ1) is 12.9. The number of nitrogens with one attached hydrogen (secondary N) is 2. The molecule has 18 heavy (non-hydrogen) atoms. The van der Waals surface area contributed by atoms with Gasteiger partial charge in [-0.3, -0.25) is 0 Å². The summed E-state index contributed by atoms with van der Waals surface area (Å²) < 4.78 is 13.3. The van der Waals surface area contributed by atoms with Crippen molar-refractivity contribution in [2.45, 2.75) is 45.1 Å². The fourth-order valence-corrected chi connectivity index (χ4v) is 2.33. The molecule has 0 spiro atoms. The molecular formula is C14H19FN2O. The summed E-state index contributed by atoms with van der Waals surface area (Å²) in [6, 6.07) is 4.71. The van der Waals surface area contributed by atoms with Gasteiger partial charge in [-0.15, -0.1) is 0 Å². The van der Waals surface area contributed by atoms with Crippen molar-refractivity contribution in [2.24, 2.45) is 0 Å². The lowest BCUT2D eigenvalue weighted by Crippen LogP contribution is -2.39. The monoisotopic (exact) mass is 250 g/mol. The van der Waals surface area contributed by atoms with Gasteiger partial charge in [-0.25, -0.2) is 9.18 Å². The summed E-state index contributed by atoms with van der Waals surface area (Å²) >= 11 is 0. The Kier molecular flexibility index (Phi) is 4.18. The average molecular weight is 250 g/mol. The van der Waals surface area contributed by atoms with Gasteiger partial charge in [-0.05, 0) is 31.9 Å². The minimum Gasteiger partial charge on any atom is -0.335 e. The molecule has 0 atom stereocenters. The highest BCUT2D eigenvalue weighted by molar-refractivity contribution is 5.90. The van der Waals surface area contributed by atoms with Crippen LogP contribution in [0.5, 0.6) is 0 Å². The first-order valence-corrected chi connectivity index (χ1v) is 6.49. The van der Waals surface area contributed by atoms with Gasteiger partial charge >= 0.3 is 6.03 Å². The molecule has 3 nitrogen and oxygen atoms in total. The maximum absolute atomic E-state index is 13.3. The van der Waals surface area contributed by atoms with Gasteiger partial charge in [0.05, 0.1) is 0 Å². The van der Waals surface area contributed by atoms with Crippen molar-refractivity contribution in [1.82, 2.24) is 5.32 Å². The number of carbonyl (C=O) groups excluding carboxylic acids is 1. The Bertz CT molecular complexity index is 428. The number of benzene rings is 1. The molecule has 0 bridgehead atoms. The molecule has 1 fully saturated rings. The highest BCUT2D eigenvalue weighted by atomic mass is 19.1. The molecule has 1 aromatic carbocycles. The number of anilines is 1. The Hall–Kier alpha value is -1.58. The summed E-state index contributed by atoms with van der Waals surface area (Å²) in [4.78, 5) is 11.8. The van der Waals surface area contributed by atoms with Gasteiger partial charge in [0.15, 0.2) is 0 Å². The molecule has 1 saturated carbocycles. The van der Waals surface area contributed by atoms with Crippen LogP contribution in [0.25, 0.3) is 0 Å². The number of hydrogen-bond donors (Lipinski definition) is 2. The van der Waals surface area contributed by atoms with Gasteiger partial charge in [-0.1, -0.05) is 25.3 Å². The second kappa shape index (κ2) is 5.85. The van der Waals surface area contributed by atoms with Crippen molar-refractivity contribution in [3.63, 3.8) is 0 Å². The Morgan fingerprint density at radius 1 is 1.28 bits per heavy atom. The molecule has 0 aliphatic heterocycles. The van der Waals surface area contributed by atoms with E-state index in [0.29, 0.717) is 11.3 Å². The lowest BCUT2D eigenvalue weighted by Gasteiger charge is -2.23. The van der Waals surface area contributed by atoms with E-state index >= 15 is 0 Å². The number of halogens is 1. The van der Waals surface area contributed by atoms with Crippen molar-refractivity contribution in [2.75, 3.05) is 5.32 Å². The molecule has 98 valence electrons. The van der Waals surface area contributed by atoms with E-state index in [-0.39, 0.29) is 17.9 Å². The number of urea groups is 1. The molecule has 1 aliphatic carbocycles. The van der Waals surface area contributed by atoms with E-state index in [1.54, 1.807) is 19.1 Å². The first-order chi connectivity index (χ1) is 8.66. The van der Waals surface area contributed by atoms with Crippen LogP contribution in [0.1, 0.15) is 37.7 Å². The van der Waals surface area contributed by atoms with Gasteiger partial charge in [0.1, 0.15) is 5.82 Å². The second-order valence-electron chi connectivity index (χ2n) is 4.85. The third kappa shape index (κ3) is 3.22. The predicted octanol–water partition coefficient (Wildman–Crippen LogP) is 3.59. The zero-order chi connectivity index (χ0) is 13.0. The summed E-state index contributed by atoms with van der Waals surface area (Å²) in [6.07, 6.45) is 5.67. The van der Waals surface area contributed by atoms with Crippen molar-refractivity contribution in [1.29, 1.82) is 0 Å². The van der Waals surface area contributed by atoms with Crippen molar-refractivity contribution >= 4 is 11.7 Å². The molecule has 0 radical (unpaired) electrons. The van der Waals surface area contributed by atoms with Crippen molar-refractivity contribution in [3.8, 4) is 0 Å². The Labute approximate surface area is 107 Å². The van der Waals surface area contributed by atoms with E-state index in [1.807, 2.05) is 0 Å². The molecule has 0 aromatic heterocycles. The van der Waals surface area contributed by atoms with Gasteiger partial charge in [0.25, 0.3) is 0 Å². The van der Waals surface area contributed by atoms with Crippen molar-refractivity contribution < 1.29 is 9.18 Å². The van der Waals surface area contributed by atoms with E-state index in [9.17, 15) is 9.18 Å². The van der Waals surface area contributed by atoms with Crippen LogP contribution in [0.3, 0.4) is 0 Å². The largest absolute Gasteiger partial charge is 0.335 e. The van der Waals surface area contributed by atoms with Gasteiger partial charge < -0.3 is 10.6 Å². The molecule has 1 aliphatic rings. The van der Waals surface area contributed by atoms with Crippen LogP contribution in [-0.2, 0) is 0 Å². The number of carbonyl (C=O) groups is 1. The average Bonchev–Trinajstić information content (AvgIpc) is 2.36. The van der Waals surface area contributed by atoms with Crippen LogP contribution in [0.15, 0.2) is 18.2 Å². The Balaban J connectivity index is 1.92. The highest BCUT2D eigenvalue weighted by Gasteiger charge is 2.16. The lowest BCUT2D eigenvalue weighted by molar-refractivity contribution is 0.244. The molecule has 0 heterocycles. The second-order valence-corrected chi connectivity index (χ2v) is 4.85. The highest BCUT2D eigenvalue weighted by Crippen LogP contribution is 2.19. The van der Waals surface area contributed by atoms with Gasteiger partial charge in [0, 0.05) is 17.3 Å². The first-order valence-electron chi connectivity index (χ1n) is 6.49. The zero-order valence-electron chi connectivity index (χ0n) is 10.6. The number of amides is 2. The summed E-state index contributed by atoms with van der Waals surface area (Å²) in [7, 11) is 0. The van der Waals surface area contributed by atoms with Crippen LogP contribution >= 0.6 is 0 Å². The maximum atomic E-state index is 13.3. The quantitative estimate of drug-likeness (QED) is 0.827. The predicted molar refractivity (Wildman–Crippen MR) is 70.2 cm³/mol. The minimum absolute atomic E-state index is 0.240. The fourth-order valence-electron chi connectivity index (χ4n) is 2.33. The van der Waals surface area contributed by atoms with E-state index in [4.69, 9.17) is 0 Å². The van der Waals surface area contributed by atoms with E-state index in [1.165, 1.54) is 25.3 Å². The lowest BCUT2D eigenvalue weighted by atomic mass is 9.96. The molecule has 2 amide bonds. The SMILES string of the molecule is Cc1c(F)cccc1NC(=O)NC1CCCCC1. The topological polar surface area (TPSA) is 41.1 Å². The zero-order valence-corrected chi connectivity index (χ0v) is 10.6. The molecule has 2 rings (SSSR count). The molecule has 0 saturated heterocycles. The summed E-state index contributed by atoms with van der Waals surface area (Å²) in [5.41, 5.74) is 1.000. The van der Waals surface area contributed by atoms with Crippen LogP contribution < -0.4 is 10.6 Å². The standard InChI is InChI=1S/C14H19FN2O/c1-10-12(15)8-5-9-13(10)17-14(18)16-11-6-3-2-4-7-11/h5,8-9,11H,2-4,6-7H2,1H3,(H2,16,17,18). The van der Waals surface area contributed by atoms with Crippen LogP contribution in [0.4, 0.5) is 14.9 Å². The van der Waals surface area contributed by atoms with Crippen LogP contribution in [0, 0.1) is 12.7 Å². The summed E-state index contributed by atoms with van der Waals surface area (Å²) in [5, 5.41) is 5.65. The van der Waals surface area contributed by atoms with Crippen LogP contribution in [-0.4, -0.2) is 12.1 Å². The Morgan fingerprint density at radius 3 is 2.72 bits per heavy atom. The third-order valence-electron chi connectivity index (χ3n) is 3.46. The minimum atomic E-state index is -0.300. The Morgan fingerprint density at radius 2 is 2.00 bits per heavy atom. The normalized spacial score (nSPS) is 16.3. The molecule has 2 N–H and O–H groups in total. The van der Waals surface area contributed by atoms with Gasteiger partial charge in [0.2, 0.25) is 0 Å². The van der Waals surface area contributed by atoms with Gasteiger partial charge in [-0.2, -0.15) is 0 Å². The van der Waals surface area contributed by atoms with E-state index in [0.717, 1.165) is 12.8 Å². The van der Waals surface area contributed by atoms with Crippen molar-refractivity contribution in [3.05, 3.63) is 29.6 Å². The fraction of sp³-hybridized carbons (Fsp3) is 0.500. The molecule has 4 heteroatoms. The van der Waals surface area contributed by atoms with E-state index < -0.39 is 0 Å². The number of rotatable bonds is 2. The number of hydrogen-bond acceptors (Lipinski definition) is 1. The molecular weight excluding hydrogens is 231 g/mol. The smallest absolute Gasteiger partial charge is 0.319 e. The van der Waals surface area contributed by atoms with Crippen LogP contribution in [0.2, 0.25) is 0 Å². The van der Waals surface area contributed by atoms with E-state index in [2.05, 4.69) is 10.6 Å². The third-order valence-corrected chi connectivity index (χ3v) is 3.46. The summed E-state index contributed by atoms with van der Waals surface area (Å²) in [6.45, 7) is 1.66. The molecule has 1 aromatic rings. The maximum Gasteiger partial charge on any atom is 0.319 e.